The van der Waals surface area contributed by atoms with E-state index in [9.17, 15) is 4.39 Å². The standard InChI is InChI=1S/C14H22FNO/c1-4-7-12(16-10-5-2)11-8-6-9-13(17-3)14(11)15/h6,8-9,12,16H,4-5,7,10H2,1-3H3. The predicted molar refractivity (Wildman–Crippen MR) is 68.9 cm³/mol. The molecule has 0 heterocycles. The summed E-state index contributed by atoms with van der Waals surface area (Å²) in [5.41, 5.74) is 0.708. The van der Waals surface area contributed by atoms with Crippen LogP contribution in [-0.4, -0.2) is 13.7 Å². The Balaban J connectivity index is 2.92. The van der Waals surface area contributed by atoms with Crippen LogP contribution in [0.3, 0.4) is 0 Å². The summed E-state index contributed by atoms with van der Waals surface area (Å²) < 4.78 is 19.1. The van der Waals surface area contributed by atoms with Gasteiger partial charge in [-0.25, -0.2) is 4.39 Å². The van der Waals surface area contributed by atoms with E-state index in [2.05, 4.69) is 19.2 Å². The SMILES string of the molecule is CCCNC(CCC)c1cccc(OC)c1F. The third-order valence-electron chi connectivity index (χ3n) is 2.81. The molecule has 0 spiro atoms. The van der Waals surface area contributed by atoms with Gasteiger partial charge in [0, 0.05) is 11.6 Å². The lowest BCUT2D eigenvalue weighted by Gasteiger charge is -2.19. The second-order valence-electron chi connectivity index (χ2n) is 4.16. The van der Waals surface area contributed by atoms with Gasteiger partial charge in [-0.3, -0.25) is 0 Å². The molecule has 0 fully saturated rings. The molecule has 96 valence electrons. The first kappa shape index (κ1) is 14.0. The fraction of sp³-hybridized carbons (Fsp3) is 0.571. The lowest BCUT2D eigenvalue weighted by molar-refractivity contribution is 0.377. The van der Waals surface area contributed by atoms with E-state index in [0.29, 0.717) is 11.3 Å². The highest BCUT2D eigenvalue weighted by molar-refractivity contribution is 5.33. The second kappa shape index (κ2) is 7.28. The van der Waals surface area contributed by atoms with Gasteiger partial charge >= 0.3 is 0 Å². The molecule has 0 aromatic heterocycles. The molecular formula is C14H22FNO. The molecule has 0 saturated carbocycles. The fourth-order valence-electron chi connectivity index (χ4n) is 1.93. The van der Waals surface area contributed by atoms with Crippen molar-refractivity contribution in [1.29, 1.82) is 0 Å². The topological polar surface area (TPSA) is 21.3 Å². The molecule has 0 aliphatic carbocycles. The zero-order chi connectivity index (χ0) is 12.7. The van der Waals surface area contributed by atoms with E-state index in [1.165, 1.54) is 7.11 Å². The van der Waals surface area contributed by atoms with Crippen LogP contribution in [0.15, 0.2) is 18.2 Å². The molecule has 3 heteroatoms. The maximum Gasteiger partial charge on any atom is 0.169 e. The Kier molecular flexibility index (Phi) is 5.98. The van der Waals surface area contributed by atoms with Crippen molar-refractivity contribution >= 4 is 0 Å². The number of ether oxygens (including phenoxy) is 1. The van der Waals surface area contributed by atoms with E-state index < -0.39 is 0 Å². The number of nitrogens with one attached hydrogen (secondary N) is 1. The molecule has 0 aliphatic heterocycles. The van der Waals surface area contributed by atoms with Crippen LogP contribution in [-0.2, 0) is 0 Å². The van der Waals surface area contributed by atoms with Gasteiger partial charge in [-0.05, 0) is 25.5 Å². The van der Waals surface area contributed by atoms with E-state index in [1.807, 2.05) is 12.1 Å². The average Bonchev–Trinajstić information content (AvgIpc) is 2.35. The monoisotopic (exact) mass is 239 g/mol. The quantitative estimate of drug-likeness (QED) is 0.783. The van der Waals surface area contributed by atoms with Crippen molar-refractivity contribution in [3.63, 3.8) is 0 Å². The molecule has 0 saturated heterocycles. The van der Waals surface area contributed by atoms with Gasteiger partial charge in [0.25, 0.3) is 0 Å². The summed E-state index contributed by atoms with van der Waals surface area (Å²) in [6.07, 6.45) is 3.01. The van der Waals surface area contributed by atoms with E-state index in [1.54, 1.807) is 6.07 Å². The molecule has 1 N–H and O–H groups in total. The maximum atomic E-state index is 14.1. The minimum absolute atomic E-state index is 0.0787. The molecule has 1 aromatic carbocycles. The largest absolute Gasteiger partial charge is 0.494 e. The van der Waals surface area contributed by atoms with Crippen molar-refractivity contribution in [3.05, 3.63) is 29.6 Å². The Morgan fingerprint density at radius 2 is 2.06 bits per heavy atom. The molecule has 1 atom stereocenters. The molecule has 2 nitrogen and oxygen atoms in total. The van der Waals surface area contributed by atoms with Crippen molar-refractivity contribution in [3.8, 4) is 5.75 Å². The summed E-state index contributed by atoms with van der Waals surface area (Å²) in [5, 5.41) is 3.38. The van der Waals surface area contributed by atoms with Crippen molar-refractivity contribution in [2.75, 3.05) is 13.7 Å². The Labute approximate surface area is 103 Å². The molecule has 0 aliphatic rings. The number of methoxy groups -OCH3 is 1. The van der Waals surface area contributed by atoms with Crippen molar-refractivity contribution in [2.45, 2.75) is 39.2 Å². The first-order valence-corrected chi connectivity index (χ1v) is 6.30. The minimum Gasteiger partial charge on any atom is -0.494 e. The smallest absolute Gasteiger partial charge is 0.169 e. The molecule has 17 heavy (non-hydrogen) atoms. The second-order valence-corrected chi connectivity index (χ2v) is 4.16. The van der Waals surface area contributed by atoms with Gasteiger partial charge in [0.1, 0.15) is 0 Å². The normalized spacial score (nSPS) is 12.5. The van der Waals surface area contributed by atoms with Gasteiger partial charge in [0.15, 0.2) is 11.6 Å². The number of benzene rings is 1. The average molecular weight is 239 g/mol. The summed E-state index contributed by atoms with van der Waals surface area (Å²) >= 11 is 0. The predicted octanol–water partition coefficient (Wildman–Crippen LogP) is 3.68. The summed E-state index contributed by atoms with van der Waals surface area (Å²) in [4.78, 5) is 0. The van der Waals surface area contributed by atoms with E-state index >= 15 is 0 Å². The third kappa shape index (κ3) is 3.70. The van der Waals surface area contributed by atoms with Crippen molar-refractivity contribution < 1.29 is 9.13 Å². The number of rotatable bonds is 7. The van der Waals surface area contributed by atoms with E-state index in [0.717, 1.165) is 25.8 Å². The van der Waals surface area contributed by atoms with Gasteiger partial charge in [-0.1, -0.05) is 32.4 Å². The highest BCUT2D eigenvalue weighted by Gasteiger charge is 2.16. The Bertz CT molecular complexity index is 341. The zero-order valence-corrected chi connectivity index (χ0v) is 10.9. The highest BCUT2D eigenvalue weighted by atomic mass is 19.1. The first-order valence-electron chi connectivity index (χ1n) is 6.30. The number of hydrogen-bond acceptors (Lipinski definition) is 2. The first-order chi connectivity index (χ1) is 8.24. The Hall–Kier alpha value is -1.09. The van der Waals surface area contributed by atoms with E-state index in [4.69, 9.17) is 4.74 Å². The Morgan fingerprint density at radius 1 is 1.29 bits per heavy atom. The summed E-state index contributed by atoms with van der Waals surface area (Å²) in [6, 6.07) is 5.41. The van der Waals surface area contributed by atoms with Crippen LogP contribution in [0, 0.1) is 5.82 Å². The summed E-state index contributed by atoms with van der Waals surface area (Å²) in [5.74, 6) is 0.0824. The van der Waals surface area contributed by atoms with E-state index in [-0.39, 0.29) is 11.9 Å². The Morgan fingerprint density at radius 3 is 2.65 bits per heavy atom. The lowest BCUT2D eigenvalue weighted by Crippen LogP contribution is -2.23. The van der Waals surface area contributed by atoms with Gasteiger partial charge in [0.05, 0.1) is 7.11 Å². The van der Waals surface area contributed by atoms with Crippen LogP contribution in [0.5, 0.6) is 5.75 Å². The van der Waals surface area contributed by atoms with Gasteiger partial charge in [-0.15, -0.1) is 0 Å². The van der Waals surface area contributed by atoms with Crippen LogP contribution < -0.4 is 10.1 Å². The zero-order valence-electron chi connectivity index (χ0n) is 10.9. The molecular weight excluding hydrogens is 217 g/mol. The lowest BCUT2D eigenvalue weighted by atomic mass is 10.0. The summed E-state index contributed by atoms with van der Waals surface area (Å²) in [6.45, 7) is 5.12. The molecule has 0 radical (unpaired) electrons. The number of hydrogen-bond donors (Lipinski definition) is 1. The van der Waals surface area contributed by atoms with Crippen LogP contribution in [0.25, 0.3) is 0 Å². The summed E-state index contributed by atoms with van der Waals surface area (Å²) in [7, 11) is 1.50. The molecule has 1 unspecified atom stereocenters. The molecule has 0 amide bonds. The van der Waals surface area contributed by atoms with Gasteiger partial charge < -0.3 is 10.1 Å². The van der Waals surface area contributed by atoms with Gasteiger partial charge in [-0.2, -0.15) is 0 Å². The van der Waals surface area contributed by atoms with Crippen molar-refractivity contribution in [2.24, 2.45) is 0 Å². The highest BCUT2D eigenvalue weighted by Crippen LogP contribution is 2.27. The van der Waals surface area contributed by atoms with Crippen LogP contribution in [0.4, 0.5) is 4.39 Å². The van der Waals surface area contributed by atoms with Gasteiger partial charge in [0.2, 0.25) is 0 Å². The molecule has 0 bridgehead atoms. The van der Waals surface area contributed by atoms with Crippen LogP contribution >= 0.6 is 0 Å². The van der Waals surface area contributed by atoms with Crippen LogP contribution in [0.1, 0.15) is 44.7 Å². The third-order valence-corrected chi connectivity index (χ3v) is 2.81. The minimum atomic E-state index is -0.239. The maximum absolute atomic E-state index is 14.1. The fourth-order valence-corrected chi connectivity index (χ4v) is 1.93. The van der Waals surface area contributed by atoms with Crippen molar-refractivity contribution in [1.82, 2.24) is 5.32 Å². The molecule has 1 rings (SSSR count). The molecule has 1 aromatic rings. The number of halogens is 1. The van der Waals surface area contributed by atoms with Crippen LogP contribution in [0.2, 0.25) is 0 Å².